The second-order valence-electron chi connectivity index (χ2n) is 5.79. The van der Waals surface area contributed by atoms with Gasteiger partial charge in [-0.2, -0.15) is 0 Å². The molecule has 1 aromatic carbocycles. The minimum absolute atomic E-state index is 0.0110. The van der Waals surface area contributed by atoms with Crippen LogP contribution in [0.2, 0.25) is 0 Å². The maximum atomic E-state index is 12.5. The number of sulfone groups is 1. The molecule has 3 rings (SSSR count). The second kappa shape index (κ2) is 5.67. The van der Waals surface area contributed by atoms with Crippen LogP contribution >= 0.6 is 0 Å². The minimum atomic E-state index is -2.89. The Bertz CT molecular complexity index is 628. The summed E-state index contributed by atoms with van der Waals surface area (Å²) in [5.74, 6) is 0.246. The number of hydrogen-bond donors (Lipinski definition) is 2. The number of benzene rings is 1. The first-order chi connectivity index (χ1) is 10.1. The molecule has 2 aliphatic heterocycles. The number of fused-ring (bicyclic) bond motifs is 1. The summed E-state index contributed by atoms with van der Waals surface area (Å²) in [6.45, 7) is 0.786. The summed E-state index contributed by atoms with van der Waals surface area (Å²) in [4.78, 5) is 12.5. The highest BCUT2D eigenvalue weighted by Crippen LogP contribution is 2.31. The quantitative estimate of drug-likeness (QED) is 0.863. The van der Waals surface area contributed by atoms with Crippen LogP contribution in [0.1, 0.15) is 30.7 Å². The number of carbonyl (C=O) groups is 1. The normalized spacial score (nSPS) is 24.7. The van der Waals surface area contributed by atoms with Gasteiger partial charge in [-0.15, -0.1) is 0 Å². The number of para-hydroxylation sites is 1. The van der Waals surface area contributed by atoms with E-state index in [4.69, 9.17) is 0 Å². The van der Waals surface area contributed by atoms with Crippen molar-refractivity contribution in [3.8, 4) is 0 Å². The maximum Gasteiger partial charge on any atom is 0.227 e. The molecule has 2 N–H and O–H groups in total. The van der Waals surface area contributed by atoms with Crippen LogP contribution in [0.5, 0.6) is 0 Å². The van der Waals surface area contributed by atoms with Gasteiger partial charge in [0.25, 0.3) is 0 Å². The standard InChI is InChI=1S/C15H20N2O3S/c18-15(17-11-6-9-21(19,20)10-7-11)13-5-8-16-14-4-2-1-3-12(13)14/h1-4,11,13,16H,5-10H2,(H,17,18). The zero-order valence-corrected chi connectivity index (χ0v) is 12.7. The lowest BCUT2D eigenvalue weighted by atomic mass is 9.90. The van der Waals surface area contributed by atoms with E-state index in [0.717, 1.165) is 24.2 Å². The lowest BCUT2D eigenvalue weighted by molar-refractivity contribution is -0.123. The SMILES string of the molecule is O=C(NC1CCS(=O)(=O)CC1)C1CCNc2ccccc21. The Morgan fingerprint density at radius 3 is 2.62 bits per heavy atom. The first-order valence-electron chi connectivity index (χ1n) is 7.39. The molecule has 5 nitrogen and oxygen atoms in total. The summed E-state index contributed by atoms with van der Waals surface area (Å²) >= 11 is 0. The van der Waals surface area contributed by atoms with Gasteiger partial charge < -0.3 is 10.6 Å². The van der Waals surface area contributed by atoms with Crippen molar-refractivity contribution in [2.75, 3.05) is 23.4 Å². The van der Waals surface area contributed by atoms with Gasteiger partial charge in [0, 0.05) is 18.3 Å². The Kier molecular flexibility index (Phi) is 3.89. The summed E-state index contributed by atoms with van der Waals surface area (Å²) in [5.41, 5.74) is 2.06. The van der Waals surface area contributed by atoms with Gasteiger partial charge in [-0.25, -0.2) is 8.42 Å². The summed E-state index contributed by atoms with van der Waals surface area (Å²) < 4.78 is 22.9. The molecule has 1 fully saturated rings. The topological polar surface area (TPSA) is 75.3 Å². The molecule has 1 unspecified atom stereocenters. The molecule has 0 bridgehead atoms. The highest BCUT2D eigenvalue weighted by molar-refractivity contribution is 7.91. The Balaban J connectivity index is 1.67. The van der Waals surface area contributed by atoms with Crippen molar-refractivity contribution >= 4 is 21.4 Å². The highest BCUT2D eigenvalue weighted by atomic mass is 32.2. The molecule has 114 valence electrons. The van der Waals surface area contributed by atoms with Gasteiger partial charge >= 0.3 is 0 Å². The average Bonchev–Trinajstić information content (AvgIpc) is 2.49. The Morgan fingerprint density at radius 2 is 1.86 bits per heavy atom. The van der Waals surface area contributed by atoms with E-state index in [0.29, 0.717) is 12.8 Å². The Hall–Kier alpha value is -1.56. The van der Waals surface area contributed by atoms with Crippen LogP contribution in [0.15, 0.2) is 24.3 Å². The van der Waals surface area contributed by atoms with E-state index in [1.807, 2.05) is 24.3 Å². The summed E-state index contributed by atoms with van der Waals surface area (Å²) in [6.07, 6.45) is 1.83. The van der Waals surface area contributed by atoms with Crippen molar-refractivity contribution in [3.63, 3.8) is 0 Å². The van der Waals surface area contributed by atoms with Crippen molar-refractivity contribution in [2.45, 2.75) is 31.2 Å². The van der Waals surface area contributed by atoms with Crippen LogP contribution in [0.25, 0.3) is 0 Å². The van der Waals surface area contributed by atoms with Crippen molar-refractivity contribution in [1.82, 2.24) is 5.32 Å². The molecule has 0 aromatic heterocycles. The molecule has 21 heavy (non-hydrogen) atoms. The number of rotatable bonds is 2. The van der Waals surface area contributed by atoms with E-state index < -0.39 is 9.84 Å². The lowest BCUT2D eigenvalue weighted by Gasteiger charge is -2.29. The third-order valence-electron chi connectivity index (χ3n) is 4.30. The fourth-order valence-corrected chi connectivity index (χ4v) is 4.57. The van der Waals surface area contributed by atoms with Gasteiger partial charge in [-0.05, 0) is 30.9 Å². The predicted molar refractivity (Wildman–Crippen MR) is 82.1 cm³/mol. The van der Waals surface area contributed by atoms with Crippen molar-refractivity contribution in [3.05, 3.63) is 29.8 Å². The molecule has 1 aromatic rings. The fraction of sp³-hybridized carbons (Fsp3) is 0.533. The van der Waals surface area contributed by atoms with Crippen LogP contribution in [0.3, 0.4) is 0 Å². The van der Waals surface area contributed by atoms with E-state index in [9.17, 15) is 13.2 Å². The van der Waals surface area contributed by atoms with Crippen LogP contribution in [-0.2, 0) is 14.6 Å². The maximum absolute atomic E-state index is 12.5. The van der Waals surface area contributed by atoms with Gasteiger partial charge in [0.2, 0.25) is 5.91 Å². The van der Waals surface area contributed by atoms with Crippen LogP contribution < -0.4 is 10.6 Å². The van der Waals surface area contributed by atoms with Crippen LogP contribution in [0.4, 0.5) is 5.69 Å². The number of hydrogen-bond acceptors (Lipinski definition) is 4. The zero-order valence-electron chi connectivity index (χ0n) is 11.8. The molecule has 2 heterocycles. The molecular weight excluding hydrogens is 288 g/mol. The van der Waals surface area contributed by atoms with Crippen molar-refractivity contribution in [1.29, 1.82) is 0 Å². The molecule has 0 saturated carbocycles. The number of anilines is 1. The molecule has 6 heteroatoms. The van der Waals surface area contributed by atoms with Gasteiger partial charge in [0.15, 0.2) is 0 Å². The third kappa shape index (κ3) is 3.20. The van der Waals surface area contributed by atoms with Crippen LogP contribution in [-0.4, -0.2) is 38.4 Å². The zero-order chi connectivity index (χ0) is 14.9. The predicted octanol–water partition coefficient (Wildman–Crippen LogP) is 1.28. The summed E-state index contributed by atoms with van der Waals surface area (Å²) in [6, 6.07) is 7.86. The largest absolute Gasteiger partial charge is 0.385 e. The lowest BCUT2D eigenvalue weighted by Crippen LogP contribution is -2.43. The molecule has 0 spiro atoms. The van der Waals surface area contributed by atoms with Crippen molar-refractivity contribution < 1.29 is 13.2 Å². The minimum Gasteiger partial charge on any atom is -0.385 e. The molecule has 0 radical (unpaired) electrons. The number of amides is 1. The van der Waals surface area contributed by atoms with E-state index in [1.165, 1.54) is 0 Å². The monoisotopic (exact) mass is 308 g/mol. The summed E-state index contributed by atoms with van der Waals surface area (Å²) in [7, 11) is -2.89. The number of nitrogens with one attached hydrogen (secondary N) is 2. The average molecular weight is 308 g/mol. The molecule has 1 amide bonds. The first-order valence-corrected chi connectivity index (χ1v) is 9.21. The first kappa shape index (κ1) is 14.4. The Labute approximate surface area is 125 Å². The summed E-state index contributed by atoms with van der Waals surface area (Å²) in [5, 5.41) is 6.34. The van der Waals surface area contributed by atoms with Gasteiger partial charge in [-0.3, -0.25) is 4.79 Å². The van der Waals surface area contributed by atoms with Crippen molar-refractivity contribution in [2.24, 2.45) is 0 Å². The second-order valence-corrected chi connectivity index (χ2v) is 8.09. The van der Waals surface area contributed by atoms with Gasteiger partial charge in [0.1, 0.15) is 9.84 Å². The Morgan fingerprint density at radius 1 is 1.14 bits per heavy atom. The molecule has 1 saturated heterocycles. The van der Waals surface area contributed by atoms with E-state index in [2.05, 4.69) is 10.6 Å². The molecule has 0 aliphatic carbocycles. The van der Waals surface area contributed by atoms with E-state index in [-0.39, 0.29) is 29.4 Å². The highest BCUT2D eigenvalue weighted by Gasteiger charge is 2.30. The van der Waals surface area contributed by atoms with Gasteiger partial charge in [-0.1, -0.05) is 18.2 Å². The fourth-order valence-electron chi connectivity index (χ4n) is 3.08. The molecular formula is C15H20N2O3S. The van der Waals surface area contributed by atoms with Gasteiger partial charge in [0.05, 0.1) is 17.4 Å². The third-order valence-corrected chi connectivity index (χ3v) is 6.02. The van der Waals surface area contributed by atoms with E-state index >= 15 is 0 Å². The molecule has 2 aliphatic rings. The van der Waals surface area contributed by atoms with Crippen LogP contribution in [0, 0.1) is 0 Å². The molecule has 1 atom stereocenters. The smallest absolute Gasteiger partial charge is 0.227 e. The number of carbonyl (C=O) groups excluding carboxylic acids is 1. The van der Waals surface area contributed by atoms with E-state index in [1.54, 1.807) is 0 Å².